The van der Waals surface area contributed by atoms with E-state index in [2.05, 4.69) is 5.43 Å². The van der Waals surface area contributed by atoms with Crippen LogP contribution in [0.15, 0.2) is 78.9 Å². The fraction of sp³-hybridized carbons (Fsp3) is 0.174. The third kappa shape index (κ3) is 4.17. The number of ether oxygens (including phenoxy) is 2. The molecule has 0 heterocycles. The molecule has 0 aliphatic rings. The summed E-state index contributed by atoms with van der Waals surface area (Å²) in [6.45, 7) is 0. The van der Waals surface area contributed by atoms with Crippen molar-refractivity contribution in [3.63, 3.8) is 0 Å². The van der Waals surface area contributed by atoms with Crippen LogP contribution in [-0.4, -0.2) is 32.3 Å². The molecule has 0 bridgehead atoms. The fourth-order valence-electron chi connectivity index (χ4n) is 3.04. The van der Waals surface area contributed by atoms with Gasteiger partial charge in [0.1, 0.15) is 11.5 Å². The summed E-state index contributed by atoms with van der Waals surface area (Å²) in [6, 6.07) is 22.9. The molecular weight excluding hydrogens is 368 g/mol. The largest absolute Gasteiger partial charge is 0.497 e. The van der Waals surface area contributed by atoms with Gasteiger partial charge in [-0.05, 0) is 47.5 Å². The Hall–Kier alpha value is -3.51. The average molecular weight is 392 g/mol. The number of hydrazine groups is 1. The molecule has 0 aliphatic heterocycles. The van der Waals surface area contributed by atoms with Gasteiger partial charge in [-0.1, -0.05) is 42.5 Å². The second-order valence-corrected chi connectivity index (χ2v) is 6.50. The van der Waals surface area contributed by atoms with Crippen molar-refractivity contribution in [2.24, 2.45) is 0 Å². The van der Waals surface area contributed by atoms with Crippen molar-refractivity contribution in [2.75, 3.05) is 26.3 Å². The third-order valence-electron chi connectivity index (χ3n) is 4.76. The zero-order chi connectivity index (χ0) is 20.9. The molecule has 0 atom stereocenters. The van der Waals surface area contributed by atoms with Gasteiger partial charge in [0.05, 0.1) is 19.9 Å². The first-order valence-electron chi connectivity index (χ1n) is 9.10. The fourth-order valence-corrected chi connectivity index (χ4v) is 3.04. The van der Waals surface area contributed by atoms with E-state index in [-0.39, 0.29) is 0 Å². The number of hydrogen-bond acceptors (Lipinski definition) is 5. The zero-order valence-corrected chi connectivity index (χ0v) is 16.6. The number of carbonyl (C=O) groups excluding carboxylic acids is 1. The van der Waals surface area contributed by atoms with Crippen LogP contribution in [0.4, 0.5) is 5.69 Å². The van der Waals surface area contributed by atoms with Gasteiger partial charge in [0.25, 0.3) is 5.91 Å². The quantitative estimate of drug-likeness (QED) is 0.605. The molecule has 0 aromatic heterocycles. The van der Waals surface area contributed by atoms with Gasteiger partial charge >= 0.3 is 0 Å². The van der Waals surface area contributed by atoms with E-state index in [1.807, 2.05) is 30.3 Å². The number of methoxy groups -OCH3 is 2. The Balaban J connectivity index is 1.99. The Labute approximate surface area is 170 Å². The summed E-state index contributed by atoms with van der Waals surface area (Å²) in [6.07, 6.45) is 0. The second kappa shape index (κ2) is 8.67. The van der Waals surface area contributed by atoms with E-state index >= 15 is 0 Å². The van der Waals surface area contributed by atoms with E-state index in [9.17, 15) is 9.90 Å². The molecule has 3 rings (SSSR count). The van der Waals surface area contributed by atoms with Gasteiger partial charge in [-0.15, -0.1) is 0 Å². The summed E-state index contributed by atoms with van der Waals surface area (Å²) in [7, 11) is 4.84. The number of aliphatic hydroxyl groups is 1. The van der Waals surface area contributed by atoms with Crippen LogP contribution in [-0.2, 0) is 10.4 Å². The highest BCUT2D eigenvalue weighted by Gasteiger charge is 2.40. The summed E-state index contributed by atoms with van der Waals surface area (Å²) in [5, 5.41) is 13.2. The summed E-state index contributed by atoms with van der Waals surface area (Å²) in [5.41, 5.74) is 2.48. The van der Waals surface area contributed by atoms with Gasteiger partial charge in [0.15, 0.2) is 5.60 Å². The summed E-state index contributed by atoms with van der Waals surface area (Å²) in [4.78, 5) is 13.3. The Morgan fingerprint density at radius 3 is 1.69 bits per heavy atom. The molecule has 29 heavy (non-hydrogen) atoms. The van der Waals surface area contributed by atoms with Gasteiger partial charge in [-0.3, -0.25) is 15.2 Å². The molecule has 0 unspecified atom stereocenters. The first kappa shape index (κ1) is 20.2. The Kier molecular flexibility index (Phi) is 6.04. The number of anilines is 1. The average Bonchev–Trinajstić information content (AvgIpc) is 2.79. The van der Waals surface area contributed by atoms with Crippen molar-refractivity contribution in [1.82, 2.24) is 5.43 Å². The van der Waals surface area contributed by atoms with Crippen molar-refractivity contribution in [3.05, 3.63) is 90.0 Å². The van der Waals surface area contributed by atoms with Crippen LogP contribution in [0.25, 0.3) is 0 Å². The lowest BCUT2D eigenvalue weighted by molar-refractivity contribution is -0.136. The molecular formula is C23H24N2O4. The molecule has 3 aromatic rings. The number of carbonyl (C=O) groups is 1. The highest BCUT2D eigenvalue weighted by molar-refractivity contribution is 5.91. The predicted molar refractivity (Wildman–Crippen MR) is 112 cm³/mol. The maximum atomic E-state index is 13.3. The first-order chi connectivity index (χ1) is 14.0. The number of benzene rings is 3. The van der Waals surface area contributed by atoms with Gasteiger partial charge in [-0.2, -0.15) is 0 Å². The minimum absolute atomic E-state index is 0.419. The molecule has 0 radical (unpaired) electrons. The third-order valence-corrected chi connectivity index (χ3v) is 4.76. The highest BCUT2D eigenvalue weighted by Crippen LogP contribution is 2.32. The number of nitrogens with one attached hydrogen (secondary N) is 1. The maximum Gasteiger partial charge on any atom is 0.279 e. The lowest BCUT2D eigenvalue weighted by Gasteiger charge is -2.31. The standard InChI is InChI=1S/C23H24N2O4/c1-25(19-7-5-4-6-8-19)24-22(26)23(27,17-9-13-20(28-2)14-10-17)18-11-15-21(29-3)16-12-18/h4-16,27H,1-3H3,(H,24,26). The smallest absolute Gasteiger partial charge is 0.279 e. The predicted octanol–water partition coefficient (Wildman–Crippen LogP) is 3.11. The van der Waals surface area contributed by atoms with Gasteiger partial charge in [-0.25, -0.2) is 0 Å². The SMILES string of the molecule is COc1ccc(C(O)(C(=O)NN(C)c2ccccc2)c2ccc(OC)cc2)cc1. The highest BCUT2D eigenvalue weighted by atomic mass is 16.5. The van der Waals surface area contributed by atoms with Crippen molar-refractivity contribution < 1.29 is 19.4 Å². The molecule has 1 amide bonds. The zero-order valence-electron chi connectivity index (χ0n) is 16.6. The topological polar surface area (TPSA) is 71.0 Å². The number of hydrogen-bond donors (Lipinski definition) is 2. The minimum atomic E-state index is -1.92. The molecule has 2 N–H and O–H groups in total. The van der Waals surface area contributed by atoms with E-state index in [1.54, 1.807) is 74.8 Å². The van der Waals surface area contributed by atoms with Crippen LogP contribution >= 0.6 is 0 Å². The van der Waals surface area contributed by atoms with E-state index in [0.29, 0.717) is 22.6 Å². The number of amides is 1. The number of nitrogens with zero attached hydrogens (tertiary/aromatic N) is 1. The Morgan fingerprint density at radius 2 is 1.28 bits per heavy atom. The first-order valence-corrected chi connectivity index (χ1v) is 9.10. The van der Waals surface area contributed by atoms with Gasteiger partial charge in [0.2, 0.25) is 0 Å². The summed E-state index contributed by atoms with van der Waals surface area (Å²) in [5.74, 6) is 0.680. The van der Waals surface area contributed by atoms with E-state index in [0.717, 1.165) is 5.69 Å². The van der Waals surface area contributed by atoms with Gasteiger partial charge in [0, 0.05) is 7.05 Å². The van der Waals surface area contributed by atoms with Crippen LogP contribution in [0.2, 0.25) is 0 Å². The Morgan fingerprint density at radius 1 is 0.828 bits per heavy atom. The van der Waals surface area contributed by atoms with Crippen LogP contribution in [0, 0.1) is 0 Å². The summed E-state index contributed by atoms with van der Waals surface area (Å²) >= 11 is 0. The monoisotopic (exact) mass is 392 g/mol. The molecule has 0 saturated carbocycles. The van der Waals surface area contributed by atoms with Crippen LogP contribution in [0.3, 0.4) is 0 Å². The van der Waals surface area contributed by atoms with Crippen LogP contribution in [0.5, 0.6) is 11.5 Å². The molecule has 6 heteroatoms. The van der Waals surface area contributed by atoms with E-state index in [1.165, 1.54) is 0 Å². The van der Waals surface area contributed by atoms with Gasteiger partial charge < -0.3 is 14.6 Å². The van der Waals surface area contributed by atoms with Crippen molar-refractivity contribution in [1.29, 1.82) is 0 Å². The molecule has 0 saturated heterocycles. The maximum absolute atomic E-state index is 13.3. The van der Waals surface area contributed by atoms with Crippen molar-refractivity contribution in [3.8, 4) is 11.5 Å². The molecule has 6 nitrogen and oxygen atoms in total. The van der Waals surface area contributed by atoms with Crippen LogP contribution < -0.4 is 19.9 Å². The minimum Gasteiger partial charge on any atom is -0.497 e. The Bertz CT molecular complexity index is 893. The normalized spacial score (nSPS) is 10.9. The molecule has 0 aliphatic carbocycles. The van der Waals surface area contributed by atoms with E-state index in [4.69, 9.17) is 9.47 Å². The van der Waals surface area contributed by atoms with Crippen molar-refractivity contribution in [2.45, 2.75) is 5.60 Å². The number of rotatable bonds is 7. The summed E-state index contributed by atoms with van der Waals surface area (Å²) < 4.78 is 10.4. The van der Waals surface area contributed by atoms with E-state index < -0.39 is 11.5 Å². The molecule has 150 valence electrons. The second-order valence-electron chi connectivity index (χ2n) is 6.50. The van der Waals surface area contributed by atoms with Crippen molar-refractivity contribution >= 4 is 11.6 Å². The molecule has 3 aromatic carbocycles. The molecule has 0 spiro atoms. The lowest BCUT2D eigenvalue weighted by atomic mass is 9.85. The lowest BCUT2D eigenvalue weighted by Crippen LogP contribution is -2.51. The molecule has 0 fully saturated rings. The number of para-hydroxylation sites is 1. The van der Waals surface area contributed by atoms with Crippen LogP contribution in [0.1, 0.15) is 11.1 Å².